The van der Waals surface area contributed by atoms with E-state index in [1.807, 2.05) is 52.9 Å². The lowest BCUT2D eigenvalue weighted by molar-refractivity contribution is 0.282. The molecule has 0 N–H and O–H groups in total. The Hall–Kier alpha value is -1.59. The molecule has 0 bridgehead atoms. The van der Waals surface area contributed by atoms with Crippen LogP contribution in [-0.2, 0) is 16.6 Å². The van der Waals surface area contributed by atoms with Gasteiger partial charge in [0.15, 0.2) is 0 Å². The molecule has 4 nitrogen and oxygen atoms in total. The van der Waals surface area contributed by atoms with Crippen molar-refractivity contribution in [3.8, 4) is 0 Å². The fourth-order valence-electron chi connectivity index (χ4n) is 3.57. The van der Waals surface area contributed by atoms with Crippen molar-refractivity contribution in [2.24, 2.45) is 0 Å². The molecule has 0 fully saturated rings. The van der Waals surface area contributed by atoms with Crippen molar-refractivity contribution in [3.05, 3.63) is 52.3 Å². The molecule has 0 radical (unpaired) electrons. The zero-order valence-electron chi connectivity index (χ0n) is 14.4. The van der Waals surface area contributed by atoms with Gasteiger partial charge in [-0.2, -0.15) is 4.31 Å². The van der Waals surface area contributed by atoms with Crippen LogP contribution < -0.4 is 0 Å². The molecule has 0 amide bonds. The Balaban J connectivity index is 2.14. The van der Waals surface area contributed by atoms with Gasteiger partial charge in [0.1, 0.15) is 0 Å². The second kappa shape index (κ2) is 5.49. The molecular formula is C18H24N2O2S. The summed E-state index contributed by atoms with van der Waals surface area (Å²) < 4.78 is 30.6. The Morgan fingerprint density at radius 3 is 2.26 bits per heavy atom. The Bertz CT molecular complexity index is 839. The van der Waals surface area contributed by atoms with Crippen LogP contribution in [0.2, 0.25) is 0 Å². The third-order valence-corrected chi connectivity index (χ3v) is 7.39. The van der Waals surface area contributed by atoms with Crippen molar-refractivity contribution in [1.82, 2.24) is 8.87 Å². The smallest absolute Gasteiger partial charge is 0.244 e. The van der Waals surface area contributed by atoms with E-state index >= 15 is 0 Å². The summed E-state index contributed by atoms with van der Waals surface area (Å²) in [7, 11) is -3.52. The van der Waals surface area contributed by atoms with Crippen molar-refractivity contribution >= 4 is 10.0 Å². The minimum atomic E-state index is -3.52. The topological polar surface area (TPSA) is 42.3 Å². The predicted molar refractivity (Wildman–Crippen MR) is 92.1 cm³/mol. The summed E-state index contributed by atoms with van der Waals surface area (Å²) in [6.07, 6.45) is 2.02. The van der Waals surface area contributed by atoms with Crippen molar-refractivity contribution in [1.29, 1.82) is 0 Å². The average molecular weight is 332 g/mol. The van der Waals surface area contributed by atoms with Gasteiger partial charge in [0.2, 0.25) is 10.0 Å². The Kier molecular flexibility index (Phi) is 3.89. The van der Waals surface area contributed by atoms with Gasteiger partial charge in [-0.05, 0) is 69.0 Å². The highest BCUT2D eigenvalue weighted by molar-refractivity contribution is 7.89. The number of benzene rings is 1. The van der Waals surface area contributed by atoms with E-state index in [1.54, 1.807) is 4.31 Å². The van der Waals surface area contributed by atoms with Gasteiger partial charge in [-0.25, -0.2) is 8.42 Å². The minimum Gasteiger partial charge on any atom is -0.349 e. The molecule has 0 saturated carbocycles. The van der Waals surface area contributed by atoms with E-state index in [4.69, 9.17) is 0 Å². The maximum Gasteiger partial charge on any atom is 0.244 e. The predicted octanol–water partition coefficient (Wildman–Crippen LogP) is 3.49. The molecule has 1 aromatic carbocycles. The van der Waals surface area contributed by atoms with Crippen LogP contribution in [0.15, 0.2) is 29.3 Å². The van der Waals surface area contributed by atoms with E-state index in [0.29, 0.717) is 18.0 Å². The number of aryl methyl sites for hydroxylation is 2. The molecule has 2 aromatic rings. The number of rotatable bonds is 2. The molecular weight excluding hydrogens is 308 g/mol. The van der Waals surface area contributed by atoms with Crippen LogP contribution in [0.25, 0.3) is 0 Å². The molecule has 0 spiro atoms. The molecule has 0 aliphatic carbocycles. The van der Waals surface area contributed by atoms with E-state index < -0.39 is 10.0 Å². The van der Waals surface area contributed by atoms with Gasteiger partial charge in [0.05, 0.1) is 10.9 Å². The second-order valence-corrected chi connectivity index (χ2v) is 8.34. The second-order valence-electron chi connectivity index (χ2n) is 6.51. The Labute approximate surface area is 138 Å². The van der Waals surface area contributed by atoms with Crippen molar-refractivity contribution < 1.29 is 8.42 Å². The highest BCUT2D eigenvalue weighted by Crippen LogP contribution is 2.35. The lowest BCUT2D eigenvalue weighted by atomic mass is 10.0. The summed E-state index contributed by atoms with van der Waals surface area (Å²) in [5.74, 6) is 0. The third-order valence-electron chi connectivity index (χ3n) is 5.15. The molecule has 5 heteroatoms. The number of hydrogen-bond acceptors (Lipinski definition) is 2. The van der Waals surface area contributed by atoms with Crippen LogP contribution >= 0.6 is 0 Å². The lowest BCUT2D eigenvalue weighted by Crippen LogP contribution is -2.41. The monoisotopic (exact) mass is 332 g/mol. The summed E-state index contributed by atoms with van der Waals surface area (Å²) in [6, 6.07) is 5.90. The standard InChI is InChI=1S/C18H24N2O2S/c1-12-11-13(2)15(4)18(14(12)3)23(21,22)20-10-9-19-8-6-7-17(19)16(20)5/h6-8,11,16H,9-10H2,1-5H3/t16-/m0/s1. The first-order chi connectivity index (χ1) is 10.7. The molecule has 23 heavy (non-hydrogen) atoms. The molecule has 1 aromatic heterocycles. The number of sulfonamides is 1. The molecule has 1 atom stereocenters. The molecule has 0 unspecified atom stereocenters. The summed E-state index contributed by atoms with van der Waals surface area (Å²) in [4.78, 5) is 0.488. The van der Waals surface area contributed by atoms with Gasteiger partial charge in [-0.3, -0.25) is 0 Å². The molecule has 3 rings (SSSR count). The Morgan fingerprint density at radius 1 is 1.04 bits per heavy atom. The quantitative estimate of drug-likeness (QED) is 0.845. The summed E-state index contributed by atoms with van der Waals surface area (Å²) >= 11 is 0. The average Bonchev–Trinajstić information content (AvgIpc) is 2.94. The van der Waals surface area contributed by atoms with E-state index in [2.05, 4.69) is 10.6 Å². The molecule has 2 heterocycles. The van der Waals surface area contributed by atoms with Gasteiger partial charge >= 0.3 is 0 Å². The fourth-order valence-corrected chi connectivity index (χ4v) is 5.75. The van der Waals surface area contributed by atoms with Crippen LogP contribution in [0.3, 0.4) is 0 Å². The molecule has 1 aliphatic heterocycles. The van der Waals surface area contributed by atoms with Crippen molar-refractivity contribution in [2.45, 2.75) is 52.1 Å². The van der Waals surface area contributed by atoms with Crippen LogP contribution in [0.4, 0.5) is 0 Å². The molecule has 124 valence electrons. The summed E-state index contributed by atoms with van der Waals surface area (Å²) in [5, 5.41) is 0. The first kappa shape index (κ1) is 16.3. The summed E-state index contributed by atoms with van der Waals surface area (Å²) in [6.45, 7) is 11.0. The normalized spacial score (nSPS) is 18.9. The molecule has 1 aliphatic rings. The van der Waals surface area contributed by atoms with Gasteiger partial charge in [-0.1, -0.05) is 6.07 Å². The maximum atomic E-state index is 13.4. The molecule has 0 saturated heterocycles. The van der Waals surface area contributed by atoms with Gasteiger partial charge < -0.3 is 4.57 Å². The SMILES string of the molecule is Cc1cc(C)c(C)c(S(=O)(=O)N2CCn3cccc3[C@@H]2C)c1C. The van der Waals surface area contributed by atoms with E-state index in [1.165, 1.54) is 0 Å². The van der Waals surface area contributed by atoms with E-state index in [9.17, 15) is 8.42 Å². The zero-order chi connectivity index (χ0) is 16.9. The van der Waals surface area contributed by atoms with Crippen LogP contribution in [0.5, 0.6) is 0 Å². The van der Waals surface area contributed by atoms with Crippen molar-refractivity contribution in [2.75, 3.05) is 6.54 Å². The van der Waals surface area contributed by atoms with E-state index in [0.717, 1.165) is 27.9 Å². The largest absolute Gasteiger partial charge is 0.349 e. The number of hydrogen-bond donors (Lipinski definition) is 0. The minimum absolute atomic E-state index is 0.150. The summed E-state index contributed by atoms with van der Waals surface area (Å²) in [5.41, 5.74) is 4.83. The number of aromatic nitrogens is 1. The van der Waals surface area contributed by atoms with Crippen LogP contribution in [-0.4, -0.2) is 23.8 Å². The van der Waals surface area contributed by atoms with Gasteiger partial charge in [0.25, 0.3) is 0 Å². The Morgan fingerprint density at radius 2 is 1.65 bits per heavy atom. The van der Waals surface area contributed by atoms with Crippen molar-refractivity contribution in [3.63, 3.8) is 0 Å². The zero-order valence-corrected chi connectivity index (χ0v) is 15.2. The number of nitrogens with zero attached hydrogens (tertiary/aromatic N) is 2. The number of fused-ring (bicyclic) bond motifs is 1. The fraction of sp³-hybridized carbons (Fsp3) is 0.444. The van der Waals surface area contributed by atoms with E-state index in [-0.39, 0.29) is 6.04 Å². The highest BCUT2D eigenvalue weighted by atomic mass is 32.2. The maximum absolute atomic E-state index is 13.4. The lowest BCUT2D eigenvalue weighted by Gasteiger charge is -2.35. The van der Waals surface area contributed by atoms with Gasteiger partial charge in [-0.15, -0.1) is 0 Å². The first-order valence-corrected chi connectivity index (χ1v) is 9.43. The van der Waals surface area contributed by atoms with Gasteiger partial charge in [0, 0.05) is 25.0 Å². The first-order valence-electron chi connectivity index (χ1n) is 7.99. The highest BCUT2D eigenvalue weighted by Gasteiger charge is 2.36. The van der Waals surface area contributed by atoms with Crippen LogP contribution in [0.1, 0.15) is 40.9 Å². The third kappa shape index (κ3) is 2.42. The van der Waals surface area contributed by atoms with Crippen LogP contribution in [0, 0.1) is 27.7 Å².